The minimum absolute atomic E-state index is 0.224. The molecular weight excluding hydrogens is 396 g/mol. The third-order valence-corrected chi connectivity index (χ3v) is 4.47. The van der Waals surface area contributed by atoms with Gasteiger partial charge in [0.2, 0.25) is 0 Å². The van der Waals surface area contributed by atoms with Crippen LogP contribution in [0.15, 0.2) is 73.4 Å². The molecule has 31 heavy (non-hydrogen) atoms. The Balaban J connectivity index is 1.44. The average Bonchev–Trinajstić information content (AvgIpc) is 3.47. The lowest BCUT2D eigenvalue weighted by molar-refractivity contribution is 0.0519. The van der Waals surface area contributed by atoms with Gasteiger partial charge in [0.25, 0.3) is 5.91 Å². The van der Waals surface area contributed by atoms with Crippen molar-refractivity contribution in [2.75, 3.05) is 11.9 Å². The summed E-state index contributed by atoms with van der Waals surface area (Å²) < 4.78 is 8.23. The molecule has 0 aliphatic rings. The van der Waals surface area contributed by atoms with E-state index in [-0.39, 0.29) is 18.2 Å². The molecule has 0 unspecified atom stereocenters. The fourth-order valence-electron chi connectivity index (χ4n) is 2.97. The molecular formula is C22H20N6O3. The molecule has 0 spiro atoms. The summed E-state index contributed by atoms with van der Waals surface area (Å²) in [7, 11) is 0. The van der Waals surface area contributed by atoms with Crippen LogP contribution in [0.25, 0.3) is 5.69 Å². The van der Waals surface area contributed by atoms with Gasteiger partial charge in [-0.3, -0.25) is 4.79 Å². The second-order valence-electron chi connectivity index (χ2n) is 6.66. The Morgan fingerprint density at radius 3 is 2.68 bits per heavy atom. The minimum atomic E-state index is -0.474. The summed E-state index contributed by atoms with van der Waals surface area (Å²) in [6.45, 7) is 2.61. The zero-order valence-electron chi connectivity index (χ0n) is 16.8. The molecule has 0 aliphatic carbocycles. The van der Waals surface area contributed by atoms with E-state index in [4.69, 9.17) is 4.74 Å². The van der Waals surface area contributed by atoms with E-state index in [1.807, 2.05) is 18.2 Å². The molecule has 0 aliphatic heterocycles. The highest BCUT2D eigenvalue weighted by atomic mass is 16.5. The standard InChI is InChI=1S/C22H20N6O3/c1-2-31-22(30)20-10-11-28(26-20)19-5-3-4-18(12-19)25-21(29)17-8-6-16(7-9-17)13-27-15-23-14-24-27/h3-12,14-15H,2,13H2,1H3,(H,25,29). The lowest BCUT2D eigenvalue weighted by atomic mass is 10.1. The first-order chi connectivity index (χ1) is 15.1. The molecule has 0 radical (unpaired) electrons. The van der Waals surface area contributed by atoms with Gasteiger partial charge in [0.1, 0.15) is 12.7 Å². The summed E-state index contributed by atoms with van der Waals surface area (Å²) in [6.07, 6.45) is 4.79. The number of aromatic nitrogens is 5. The highest BCUT2D eigenvalue weighted by molar-refractivity contribution is 6.04. The highest BCUT2D eigenvalue weighted by Gasteiger charge is 2.12. The molecule has 9 nitrogen and oxygen atoms in total. The number of rotatable bonds is 7. The number of carbonyl (C=O) groups excluding carboxylic acids is 2. The van der Waals surface area contributed by atoms with Crippen molar-refractivity contribution in [3.8, 4) is 5.69 Å². The molecule has 0 bridgehead atoms. The molecule has 9 heteroatoms. The molecule has 2 aromatic heterocycles. The number of anilines is 1. The monoisotopic (exact) mass is 416 g/mol. The molecule has 1 amide bonds. The molecule has 156 valence electrons. The first-order valence-electron chi connectivity index (χ1n) is 9.68. The summed E-state index contributed by atoms with van der Waals surface area (Å²) in [6, 6.07) is 16.1. The Labute approximate surface area is 178 Å². The smallest absolute Gasteiger partial charge is 0.358 e. The topological polar surface area (TPSA) is 104 Å². The first-order valence-corrected chi connectivity index (χ1v) is 9.68. The van der Waals surface area contributed by atoms with Crippen LogP contribution >= 0.6 is 0 Å². The zero-order chi connectivity index (χ0) is 21.6. The van der Waals surface area contributed by atoms with E-state index >= 15 is 0 Å². The van der Waals surface area contributed by atoms with Gasteiger partial charge in [0.05, 0.1) is 18.8 Å². The summed E-state index contributed by atoms with van der Waals surface area (Å²) in [5.41, 5.74) is 3.10. The van der Waals surface area contributed by atoms with Gasteiger partial charge in [-0.15, -0.1) is 0 Å². The number of hydrogen-bond acceptors (Lipinski definition) is 6. The molecule has 2 aromatic carbocycles. The third kappa shape index (κ3) is 4.84. The number of nitrogens with one attached hydrogen (secondary N) is 1. The predicted octanol–water partition coefficient (Wildman–Crippen LogP) is 2.94. The van der Waals surface area contributed by atoms with E-state index in [0.717, 1.165) is 5.56 Å². The van der Waals surface area contributed by atoms with Gasteiger partial charge in [-0.25, -0.2) is 19.1 Å². The fraction of sp³-hybridized carbons (Fsp3) is 0.136. The van der Waals surface area contributed by atoms with Crippen molar-refractivity contribution in [3.05, 3.63) is 90.3 Å². The van der Waals surface area contributed by atoms with Crippen molar-refractivity contribution in [3.63, 3.8) is 0 Å². The van der Waals surface area contributed by atoms with Crippen LogP contribution in [0, 0.1) is 0 Å². The summed E-state index contributed by atoms with van der Waals surface area (Å²) >= 11 is 0. The minimum Gasteiger partial charge on any atom is -0.461 e. The van der Waals surface area contributed by atoms with Gasteiger partial charge < -0.3 is 10.1 Å². The van der Waals surface area contributed by atoms with Crippen molar-refractivity contribution >= 4 is 17.6 Å². The van der Waals surface area contributed by atoms with E-state index < -0.39 is 5.97 Å². The third-order valence-electron chi connectivity index (χ3n) is 4.47. The largest absolute Gasteiger partial charge is 0.461 e. The second-order valence-corrected chi connectivity index (χ2v) is 6.66. The number of nitrogens with zero attached hydrogens (tertiary/aromatic N) is 5. The molecule has 1 N–H and O–H groups in total. The van der Waals surface area contributed by atoms with E-state index in [2.05, 4.69) is 20.5 Å². The van der Waals surface area contributed by atoms with Crippen molar-refractivity contribution in [2.45, 2.75) is 13.5 Å². The van der Waals surface area contributed by atoms with Gasteiger partial charge in [-0.1, -0.05) is 18.2 Å². The lowest BCUT2D eigenvalue weighted by Gasteiger charge is -2.08. The maximum atomic E-state index is 12.6. The normalized spacial score (nSPS) is 10.6. The Hall–Kier alpha value is -4.27. The average molecular weight is 416 g/mol. The van der Waals surface area contributed by atoms with Gasteiger partial charge in [-0.2, -0.15) is 10.2 Å². The summed E-state index contributed by atoms with van der Waals surface area (Å²) in [4.78, 5) is 28.4. The quantitative estimate of drug-likeness (QED) is 0.465. The number of esters is 1. The van der Waals surface area contributed by atoms with Crippen LogP contribution in [0.5, 0.6) is 0 Å². The van der Waals surface area contributed by atoms with Crippen molar-refractivity contribution < 1.29 is 14.3 Å². The molecule has 4 rings (SSSR count). The van der Waals surface area contributed by atoms with Crippen molar-refractivity contribution in [2.24, 2.45) is 0 Å². The summed E-state index contributed by atoms with van der Waals surface area (Å²) in [5, 5.41) is 11.2. The Morgan fingerprint density at radius 2 is 1.94 bits per heavy atom. The molecule has 0 saturated heterocycles. The summed E-state index contributed by atoms with van der Waals surface area (Å²) in [5.74, 6) is -0.699. The number of amides is 1. The molecule has 2 heterocycles. The van der Waals surface area contributed by atoms with E-state index in [9.17, 15) is 9.59 Å². The molecule has 0 fully saturated rings. The molecule has 0 atom stereocenters. The van der Waals surface area contributed by atoms with Crippen LogP contribution in [0.4, 0.5) is 5.69 Å². The lowest BCUT2D eigenvalue weighted by Crippen LogP contribution is -2.12. The van der Waals surface area contributed by atoms with E-state index in [1.54, 1.807) is 65.2 Å². The highest BCUT2D eigenvalue weighted by Crippen LogP contribution is 2.16. The number of ether oxygens (including phenoxy) is 1. The van der Waals surface area contributed by atoms with Crippen molar-refractivity contribution in [1.29, 1.82) is 0 Å². The van der Waals surface area contributed by atoms with Crippen molar-refractivity contribution in [1.82, 2.24) is 24.5 Å². The zero-order valence-corrected chi connectivity index (χ0v) is 16.8. The van der Waals surface area contributed by atoms with Gasteiger partial charge >= 0.3 is 5.97 Å². The fourth-order valence-corrected chi connectivity index (χ4v) is 2.97. The first kappa shape index (κ1) is 20.0. The van der Waals surface area contributed by atoms with Crippen LogP contribution in [-0.4, -0.2) is 43.0 Å². The second kappa shape index (κ2) is 9.04. The van der Waals surface area contributed by atoms with Crippen LogP contribution in [-0.2, 0) is 11.3 Å². The maximum Gasteiger partial charge on any atom is 0.358 e. The SMILES string of the molecule is CCOC(=O)c1ccn(-c2cccc(NC(=O)c3ccc(Cn4cncn4)cc3)c2)n1. The predicted molar refractivity (Wildman–Crippen MR) is 113 cm³/mol. The molecule has 4 aromatic rings. The maximum absolute atomic E-state index is 12.6. The Morgan fingerprint density at radius 1 is 1.10 bits per heavy atom. The number of benzene rings is 2. The number of hydrogen-bond donors (Lipinski definition) is 1. The molecule has 0 saturated carbocycles. The Kier molecular flexibility index (Phi) is 5.84. The van der Waals surface area contributed by atoms with E-state index in [1.165, 1.54) is 6.33 Å². The Bertz CT molecular complexity index is 1180. The van der Waals surface area contributed by atoms with Crippen LogP contribution < -0.4 is 5.32 Å². The van der Waals surface area contributed by atoms with Gasteiger partial charge in [0.15, 0.2) is 5.69 Å². The van der Waals surface area contributed by atoms with Crippen LogP contribution in [0.1, 0.15) is 33.3 Å². The van der Waals surface area contributed by atoms with Crippen LogP contribution in [0.2, 0.25) is 0 Å². The number of carbonyl (C=O) groups is 2. The van der Waals surface area contributed by atoms with Gasteiger partial charge in [-0.05, 0) is 48.9 Å². The van der Waals surface area contributed by atoms with Gasteiger partial charge in [0, 0.05) is 17.4 Å². The van der Waals surface area contributed by atoms with Crippen LogP contribution in [0.3, 0.4) is 0 Å². The van der Waals surface area contributed by atoms with E-state index in [0.29, 0.717) is 23.5 Å².